The van der Waals surface area contributed by atoms with Gasteiger partial charge in [-0.15, -0.1) is 0 Å². The number of benzene rings is 2. The van der Waals surface area contributed by atoms with Gasteiger partial charge in [0.25, 0.3) is 0 Å². The number of ether oxygens (including phenoxy) is 2. The zero-order chi connectivity index (χ0) is 23.6. The zero-order valence-electron chi connectivity index (χ0n) is 18.8. The minimum absolute atomic E-state index is 0.0436. The van der Waals surface area contributed by atoms with E-state index in [9.17, 15) is 18.0 Å². The third kappa shape index (κ3) is 4.42. The second-order valence-electron chi connectivity index (χ2n) is 8.24. The van der Waals surface area contributed by atoms with Gasteiger partial charge >= 0.3 is 0 Å². The van der Waals surface area contributed by atoms with Gasteiger partial charge in [-0.3, -0.25) is 9.59 Å². The number of para-hydroxylation sites is 1. The molecule has 2 aliphatic heterocycles. The smallest absolute Gasteiger partial charge is 0.242 e. The topological polar surface area (TPSA) is 93.2 Å². The maximum Gasteiger partial charge on any atom is 0.242 e. The molecule has 2 amide bonds. The van der Waals surface area contributed by atoms with E-state index in [4.69, 9.17) is 9.47 Å². The lowest BCUT2D eigenvalue weighted by molar-refractivity contribution is -0.132. The number of rotatable bonds is 5. The summed E-state index contributed by atoms with van der Waals surface area (Å²) < 4.78 is 38.0. The van der Waals surface area contributed by atoms with Gasteiger partial charge in [0, 0.05) is 19.5 Å². The van der Waals surface area contributed by atoms with Crippen LogP contribution in [-0.4, -0.2) is 59.0 Å². The van der Waals surface area contributed by atoms with Crippen LogP contribution in [0.4, 0.5) is 5.69 Å². The van der Waals surface area contributed by atoms with Crippen molar-refractivity contribution in [3.63, 3.8) is 0 Å². The van der Waals surface area contributed by atoms with E-state index in [2.05, 4.69) is 0 Å². The molecule has 0 unspecified atom stereocenters. The quantitative estimate of drug-likeness (QED) is 0.664. The van der Waals surface area contributed by atoms with E-state index in [1.54, 1.807) is 41.3 Å². The molecule has 176 valence electrons. The van der Waals surface area contributed by atoms with Crippen LogP contribution in [0.1, 0.15) is 36.5 Å². The third-order valence-corrected chi connectivity index (χ3v) is 8.43. The normalized spacial score (nSPS) is 20.1. The van der Waals surface area contributed by atoms with Crippen molar-refractivity contribution >= 4 is 27.3 Å². The molecule has 8 nitrogen and oxygen atoms in total. The Morgan fingerprint density at radius 2 is 1.70 bits per heavy atom. The number of carbonyl (C=O) groups is 2. The third-order valence-electron chi connectivity index (χ3n) is 6.28. The number of hydrogen-bond acceptors (Lipinski definition) is 6. The van der Waals surface area contributed by atoms with E-state index in [1.807, 2.05) is 0 Å². The predicted octanol–water partition coefficient (Wildman–Crippen LogP) is 2.97. The Morgan fingerprint density at radius 1 is 1.00 bits per heavy atom. The van der Waals surface area contributed by atoms with Crippen molar-refractivity contribution in [2.24, 2.45) is 0 Å². The minimum atomic E-state index is -3.93. The largest absolute Gasteiger partial charge is 0.493 e. The first kappa shape index (κ1) is 23.1. The van der Waals surface area contributed by atoms with Gasteiger partial charge in [0.1, 0.15) is 6.54 Å². The summed E-state index contributed by atoms with van der Waals surface area (Å²) in [6, 6.07) is 11.2. The summed E-state index contributed by atoms with van der Waals surface area (Å²) >= 11 is 0. The van der Waals surface area contributed by atoms with Gasteiger partial charge in [-0.05, 0) is 49.1 Å². The van der Waals surface area contributed by atoms with Crippen LogP contribution in [0, 0.1) is 0 Å². The summed E-state index contributed by atoms with van der Waals surface area (Å²) in [4.78, 5) is 29.5. The second kappa shape index (κ2) is 9.43. The van der Waals surface area contributed by atoms with E-state index in [0.29, 0.717) is 30.2 Å². The molecule has 0 aliphatic carbocycles. The highest BCUT2D eigenvalue weighted by atomic mass is 32.2. The number of methoxy groups -OCH3 is 2. The van der Waals surface area contributed by atoms with Crippen molar-refractivity contribution in [2.75, 3.05) is 38.8 Å². The van der Waals surface area contributed by atoms with Gasteiger partial charge in [0.2, 0.25) is 11.8 Å². The first-order valence-electron chi connectivity index (χ1n) is 11.0. The Balaban J connectivity index is 1.74. The molecule has 0 saturated carbocycles. The van der Waals surface area contributed by atoms with Crippen molar-refractivity contribution in [2.45, 2.75) is 35.8 Å². The number of nitrogens with zero attached hydrogens (tertiary/aromatic N) is 2. The summed E-state index contributed by atoms with van der Waals surface area (Å²) in [6.45, 7) is 1.15. The maximum absolute atomic E-state index is 13.7. The standard InChI is InChI=1S/C24H28N2O6S/c1-31-19-11-10-17(14-20(19)32-2)22-15-23(27)26(16-24(28)25-12-6-3-7-13-25)18-8-4-5-9-21(18)33(22,29)30/h4-5,8-11,14,22H,3,6-7,12-13,15-16H2,1-2H3/t22-/m0/s1. The second-order valence-corrected chi connectivity index (χ2v) is 10.3. The maximum atomic E-state index is 13.7. The highest BCUT2D eigenvalue weighted by Gasteiger charge is 2.40. The number of amides is 2. The predicted molar refractivity (Wildman–Crippen MR) is 123 cm³/mol. The van der Waals surface area contributed by atoms with Gasteiger partial charge in [-0.25, -0.2) is 8.42 Å². The van der Waals surface area contributed by atoms with Crippen LogP contribution in [0.25, 0.3) is 0 Å². The van der Waals surface area contributed by atoms with Crippen LogP contribution < -0.4 is 14.4 Å². The molecule has 9 heteroatoms. The van der Waals surface area contributed by atoms with E-state index < -0.39 is 21.0 Å². The Bertz CT molecular complexity index is 1160. The van der Waals surface area contributed by atoms with E-state index in [-0.39, 0.29) is 29.5 Å². The number of piperidine rings is 1. The molecule has 1 fully saturated rings. The van der Waals surface area contributed by atoms with Gasteiger partial charge in [-0.1, -0.05) is 18.2 Å². The number of carbonyl (C=O) groups excluding carboxylic acids is 2. The lowest BCUT2D eigenvalue weighted by atomic mass is 10.1. The molecule has 0 aromatic heterocycles. The molecule has 2 aliphatic rings. The first-order valence-corrected chi connectivity index (χ1v) is 12.5. The van der Waals surface area contributed by atoms with Crippen LogP contribution in [0.2, 0.25) is 0 Å². The summed E-state index contributed by atoms with van der Waals surface area (Å²) in [5.74, 6) is 0.272. The monoisotopic (exact) mass is 472 g/mol. The minimum Gasteiger partial charge on any atom is -0.493 e. The molecule has 33 heavy (non-hydrogen) atoms. The highest BCUT2D eigenvalue weighted by Crippen LogP contribution is 2.42. The number of likely N-dealkylation sites (tertiary alicyclic amines) is 1. The molecule has 2 aromatic carbocycles. The van der Waals surface area contributed by atoms with Gasteiger partial charge in [-0.2, -0.15) is 0 Å². The molecule has 1 saturated heterocycles. The van der Waals surface area contributed by atoms with Gasteiger partial charge < -0.3 is 19.3 Å². The number of hydrogen-bond donors (Lipinski definition) is 0. The van der Waals surface area contributed by atoms with Gasteiger partial charge in [0.05, 0.1) is 30.1 Å². The van der Waals surface area contributed by atoms with Crippen LogP contribution in [0.5, 0.6) is 11.5 Å². The summed E-state index contributed by atoms with van der Waals surface area (Å²) in [6.07, 6.45) is 2.68. The number of anilines is 1. The van der Waals surface area contributed by atoms with E-state index >= 15 is 0 Å². The average Bonchev–Trinajstić information content (AvgIpc) is 2.92. The zero-order valence-corrected chi connectivity index (χ0v) is 19.6. The lowest BCUT2D eigenvalue weighted by Crippen LogP contribution is -2.44. The van der Waals surface area contributed by atoms with Crippen molar-refractivity contribution in [3.8, 4) is 11.5 Å². The van der Waals surface area contributed by atoms with Crippen LogP contribution >= 0.6 is 0 Å². The first-order chi connectivity index (χ1) is 15.9. The molecule has 2 aromatic rings. The SMILES string of the molecule is COc1ccc([C@@H]2CC(=O)N(CC(=O)N3CCCCC3)c3ccccc3S2(=O)=O)cc1OC. The molecule has 1 atom stereocenters. The van der Waals surface area contributed by atoms with Crippen molar-refractivity contribution in [1.82, 2.24) is 4.90 Å². The summed E-state index contributed by atoms with van der Waals surface area (Å²) in [5.41, 5.74) is 0.677. The number of sulfone groups is 1. The molecule has 0 N–H and O–H groups in total. The number of fused-ring (bicyclic) bond motifs is 1. The molecule has 2 heterocycles. The molecule has 0 radical (unpaired) electrons. The van der Waals surface area contributed by atoms with Crippen molar-refractivity contribution in [1.29, 1.82) is 0 Å². The van der Waals surface area contributed by atoms with Crippen LogP contribution in [-0.2, 0) is 19.4 Å². The summed E-state index contributed by atoms with van der Waals surface area (Å²) in [7, 11) is -0.960. The highest BCUT2D eigenvalue weighted by molar-refractivity contribution is 7.92. The molecule has 4 rings (SSSR count). The molecular formula is C24H28N2O6S. The van der Waals surface area contributed by atoms with Crippen molar-refractivity contribution in [3.05, 3.63) is 48.0 Å². The summed E-state index contributed by atoms with van der Waals surface area (Å²) in [5, 5.41) is -1.11. The van der Waals surface area contributed by atoms with Crippen molar-refractivity contribution < 1.29 is 27.5 Å². The fraction of sp³-hybridized carbons (Fsp3) is 0.417. The van der Waals surface area contributed by atoms with E-state index in [0.717, 1.165) is 19.3 Å². The lowest BCUT2D eigenvalue weighted by Gasteiger charge is -2.30. The van der Waals surface area contributed by atoms with E-state index in [1.165, 1.54) is 25.2 Å². The fourth-order valence-electron chi connectivity index (χ4n) is 4.49. The Kier molecular flexibility index (Phi) is 6.60. The van der Waals surface area contributed by atoms with Gasteiger partial charge in [0.15, 0.2) is 21.3 Å². The fourth-order valence-corrected chi connectivity index (χ4v) is 6.40. The van der Waals surface area contributed by atoms with Crippen LogP contribution in [0.3, 0.4) is 0 Å². The molecular weight excluding hydrogens is 444 g/mol. The Labute approximate surface area is 194 Å². The Morgan fingerprint density at radius 3 is 2.39 bits per heavy atom. The molecule has 0 spiro atoms. The molecule has 0 bridgehead atoms. The Hall–Kier alpha value is -3.07. The average molecular weight is 473 g/mol. The van der Waals surface area contributed by atoms with Crippen LogP contribution in [0.15, 0.2) is 47.4 Å².